The lowest BCUT2D eigenvalue weighted by Gasteiger charge is -2.09. The van der Waals surface area contributed by atoms with Crippen molar-refractivity contribution in [1.29, 1.82) is 0 Å². The van der Waals surface area contributed by atoms with Gasteiger partial charge in [0.1, 0.15) is 10.7 Å². The van der Waals surface area contributed by atoms with E-state index in [9.17, 15) is 8.42 Å². The number of benzene rings is 3. The van der Waals surface area contributed by atoms with Crippen LogP contribution in [0, 0.1) is 13.8 Å². The van der Waals surface area contributed by atoms with Crippen LogP contribution in [0.5, 0.6) is 0 Å². The molecule has 3 aromatic carbocycles. The van der Waals surface area contributed by atoms with Crippen LogP contribution in [-0.4, -0.2) is 13.6 Å². The number of hydrogen-bond donors (Lipinski definition) is 1. The second-order valence-corrected chi connectivity index (χ2v) is 8.99. The second-order valence-electron chi connectivity index (χ2n) is 6.93. The number of nitrogens with zero attached hydrogens (tertiary/aromatic N) is 1. The second kappa shape index (κ2) is 7.97. The van der Waals surface area contributed by atoms with Crippen molar-refractivity contribution in [2.24, 2.45) is 0 Å². The van der Waals surface area contributed by atoms with Crippen LogP contribution in [-0.2, 0) is 10.0 Å². The highest BCUT2D eigenvalue weighted by molar-refractivity contribution is 7.92. The van der Waals surface area contributed by atoms with Crippen molar-refractivity contribution in [2.45, 2.75) is 18.7 Å². The maximum atomic E-state index is 12.6. The van der Waals surface area contributed by atoms with Crippen molar-refractivity contribution in [3.63, 3.8) is 0 Å². The molecule has 0 saturated heterocycles. The first-order chi connectivity index (χ1) is 14.3. The Balaban J connectivity index is 1.56. The van der Waals surface area contributed by atoms with E-state index >= 15 is 0 Å². The van der Waals surface area contributed by atoms with Gasteiger partial charge in [-0.1, -0.05) is 77.4 Å². The van der Waals surface area contributed by atoms with E-state index < -0.39 is 10.0 Å². The van der Waals surface area contributed by atoms with Gasteiger partial charge < -0.3 is 4.52 Å². The third-order valence-electron chi connectivity index (χ3n) is 4.86. The van der Waals surface area contributed by atoms with E-state index in [-0.39, 0.29) is 15.8 Å². The molecule has 1 aromatic heterocycles. The van der Waals surface area contributed by atoms with Crippen LogP contribution in [0.2, 0.25) is 5.02 Å². The average molecular weight is 439 g/mol. The Bertz CT molecular complexity index is 1300. The quantitative estimate of drug-likeness (QED) is 0.409. The van der Waals surface area contributed by atoms with Gasteiger partial charge in [0.15, 0.2) is 0 Å². The standard InChI is InChI=1S/C23H19ClN2O3S/c1-15-5-3-4-6-21(15)19-9-7-17(8-10-19)18-11-13-20(14-12-18)30(27,28)26-23-22(24)16(2)25-29-23/h3-14,26H,1-2H3. The highest BCUT2D eigenvalue weighted by Gasteiger charge is 2.20. The molecule has 0 aliphatic rings. The van der Waals surface area contributed by atoms with Crippen LogP contribution in [0.25, 0.3) is 22.3 Å². The van der Waals surface area contributed by atoms with Crippen LogP contribution in [0.1, 0.15) is 11.3 Å². The van der Waals surface area contributed by atoms with E-state index in [4.69, 9.17) is 16.1 Å². The Morgan fingerprint density at radius 3 is 1.97 bits per heavy atom. The fourth-order valence-electron chi connectivity index (χ4n) is 3.17. The molecule has 0 spiro atoms. The van der Waals surface area contributed by atoms with Gasteiger partial charge in [-0.05, 0) is 53.8 Å². The summed E-state index contributed by atoms with van der Waals surface area (Å²) in [6.45, 7) is 3.71. The van der Waals surface area contributed by atoms with Crippen molar-refractivity contribution in [3.8, 4) is 22.3 Å². The third kappa shape index (κ3) is 3.97. The average Bonchev–Trinajstić information content (AvgIpc) is 3.06. The summed E-state index contributed by atoms with van der Waals surface area (Å²) < 4.78 is 32.4. The first-order valence-corrected chi connectivity index (χ1v) is 11.1. The first-order valence-electron chi connectivity index (χ1n) is 9.26. The van der Waals surface area contributed by atoms with Crippen LogP contribution in [0.3, 0.4) is 0 Å². The Morgan fingerprint density at radius 1 is 0.833 bits per heavy atom. The van der Waals surface area contributed by atoms with Crippen molar-refractivity contribution >= 4 is 27.5 Å². The molecule has 0 aliphatic carbocycles. The van der Waals surface area contributed by atoms with Crippen LogP contribution < -0.4 is 4.72 Å². The zero-order chi connectivity index (χ0) is 21.3. The number of aryl methyl sites for hydroxylation is 2. The predicted octanol–water partition coefficient (Wildman–Crippen LogP) is 6.08. The Morgan fingerprint density at radius 2 is 1.40 bits per heavy atom. The predicted molar refractivity (Wildman–Crippen MR) is 119 cm³/mol. The van der Waals surface area contributed by atoms with E-state index in [0.29, 0.717) is 5.69 Å². The SMILES string of the molecule is Cc1ccccc1-c1ccc(-c2ccc(S(=O)(=O)Nc3onc(C)c3Cl)cc2)cc1. The van der Waals surface area contributed by atoms with E-state index in [1.54, 1.807) is 31.2 Å². The van der Waals surface area contributed by atoms with Gasteiger partial charge >= 0.3 is 0 Å². The molecular formula is C23H19ClN2O3S. The zero-order valence-corrected chi connectivity index (χ0v) is 18.0. The van der Waals surface area contributed by atoms with Crippen molar-refractivity contribution in [2.75, 3.05) is 4.72 Å². The Labute approximate surface area is 180 Å². The monoisotopic (exact) mass is 438 g/mol. The molecule has 7 heteroatoms. The number of anilines is 1. The highest BCUT2D eigenvalue weighted by Crippen LogP contribution is 2.29. The van der Waals surface area contributed by atoms with E-state index in [2.05, 4.69) is 41.1 Å². The fourth-order valence-corrected chi connectivity index (χ4v) is 4.34. The van der Waals surface area contributed by atoms with Gasteiger partial charge in [0.25, 0.3) is 15.9 Å². The fraction of sp³-hybridized carbons (Fsp3) is 0.0870. The van der Waals surface area contributed by atoms with Gasteiger partial charge in [0.05, 0.1) is 4.90 Å². The number of rotatable bonds is 5. The molecule has 1 heterocycles. The summed E-state index contributed by atoms with van der Waals surface area (Å²) in [4.78, 5) is 0.105. The molecule has 0 bridgehead atoms. The van der Waals surface area contributed by atoms with Gasteiger partial charge in [-0.25, -0.2) is 13.1 Å². The maximum absolute atomic E-state index is 12.6. The summed E-state index contributed by atoms with van der Waals surface area (Å²) in [5, 5.41) is 3.79. The minimum absolute atomic E-state index is 0.0926. The molecule has 0 unspecified atom stereocenters. The molecule has 5 nitrogen and oxygen atoms in total. The summed E-state index contributed by atoms with van der Waals surface area (Å²) in [6, 6.07) is 23.1. The van der Waals surface area contributed by atoms with Crippen molar-refractivity contribution in [3.05, 3.63) is 89.1 Å². The lowest BCUT2D eigenvalue weighted by Crippen LogP contribution is -2.12. The van der Waals surface area contributed by atoms with Crippen molar-refractivity contribution < 1.29 is 12.9 Å². The topological polar surface area (TPSA) is 72.2 Å². The Kier molecular flexibility index (Phi) is 5.37. The molecule has 30 heavy (non-hydrogen) atoms. The molecule has 0 fully saturated rings. The molecule has 1 N–H and O–H groups in total. The minimum Gasteiger partial charge on any atom is -0.336 e. The molecule has 0 radical (unpaired) electrons. The molecule has 4 aromatic rings. The van der Waals surface area contributed by atoms with Gasteiger partial charge in [0, 0.05) is 0 Å². The molecule has 4 rings (SSSR count). The number of sulfonamides is 1. The zero-order valence-electron chi connectivity index (χ0n) is 16.4. The summed E-state index contributed by atoms with van der Waals surface area (Å²) in [7, 11) is -3.84. The molecule has 152 valence electrons. The van der Waals surface area contributed by atoms with Crippen LogP contribution >= 0.6 is 11.6 Å². The minimum atomic E-state index is -3.84. The van der Waals surface area contributed by atoms with E-state index in [1.807, 2.05) is 24.3 Å². The molecule has 0 aliphatic heterocycles. The van der Waals surface area contributed by atoms with E-state index in [0.717, 1.165) is 16.7 Å². The molecule has 0 atom stereocenters. The normalized spacial score (nSPS) is 11.4. The van der Waals surface area contributed by atoms with Gasteiger partial charge in [0.2, 0.25) is 0 Å². The summed E-state index contributed by atoms with van der Waals surface area (Å²) in [5.41, 5.74) is 5.88. The van der Waals surface area contributed by atoms with Gasteiger partial charge in [-0.2, -0.15) is 0 Å². The number of nitrogens with one attached hydrogen (secondary N) is 1. The summed E-state index contributed by atoms with van der Waals surface area (Å²) >= 11 is 5.99. The van der Waals surface area contributed by atoms with Crippen LogP contribution in [0.15, 0.2) is 82.2 Å². The molecule has 0 saturated carbocycles. The summed E-state index contributed by atoms with van der Waals surface area (Å²) in [5.74, 6) is -0.0926. The lowest BCUT2D eigenvalue weighted by molar-refractivity contribution is 0.430. The summed E-state index contributed by atoms with van der Waals surface area (Å²) in [6.07, 6.45) is 0. The van der Waals surface area contributed by atoms with E-state index in [1.165, 1.54) is 11.1 Å². The lowest BCUT2D eigenvalue weighted by atomic mass is 9.98. The van der Waals surface area contributed by atoms with Gasteiger partial charge in [-0.15, -0.1) is 0 Å². The number of halogens is 1. The third-order valence-corrected chi connectivity index (χ3v) is 6.65. The highest BCUT2D eigenvalue weighted by atomic mass is 35.5. The molecule has 0 amide bonds. The van der Waals surface area contributed by atoms with Crippen molar-refractivity contribution in [1.82, 2.24) is 5.16 Å². The first kappa shape index (κ1) is 20.2. The smallest absolute Gasteiger partial charge is 0.264 e. The number of hydrogen-bond acceptors (Lipinski definition) is 4. The largest absolute Gasteiger partial charge is 0.336 e. The Hall–Kier alpha value is -3.09. The number of aromatic nitrogens is 1. The maximum Gasteiger partial charge on any atom is 0.264 e. The van der Waals surface area contributed by atoms with Crippen LogP contribution in [0.4, 0.5) is 5.88 Å². The van der Waals surface area contributed by atoms with Gasteiger partial charge in [-0.3, -0.25) is 0 Å². The molecular weight excluding hydrogens is 420 g/mol.